The van der Waals surface area contributed by atoms with Crippen LogP contribution in [0.25, 0.3) is 0 Å². The van der Waals surface area contributed by atoms with E-state index in [1.54, 1.807) is 0 Å². The predicted octanol–water partition coefficient (Wildman–Crippen LogP) is -10.1. The van der Waals surface area contributed by atoms with Gasteiger partial charge in [-0.15, -0.1) is 0 Å². The summed E-state index contributed by atoms with van der Waals surface area (Å²) in [6.45, 7) is 0. The van der Waals surface area contributed by atoms with E-state index in [1.165, 1.54) is 0 Å². The molecular weight excluding hydrogens is 1360 g/mol. The van der Waals surface area contributed by atoms with E-state index in [-0.39, 0.29) is 6.15 Å². The van der Waals surface area contributed by atoms with E-state index in [0.29, 0.717) is 0 Å². The molecule has 0 atom stereocenters. The smallest absolute Gasteiger partial charge is 0.344 e. The topological polar surface area (TPSA) is 925 Å². The van der Waals surface area contributed by atoms with Crippen LogP contribution in [0.5, 0.6) is 0 Å². The lowest BCUT2D eigenvalue weighted by Crippen LogP contribution is -2.10. The molecule has 0 spiro atoms. The van der Waals surface area contributed by atoms with Crippen LogP contribution in [0.2, 0.25) is 0 Å². The van der Waals surface area contributed by atoms with Crippen molar-refractivity contribution in [2.75, 3.05) is 0 Å². The zero-order valence-corrected chi connectivity index (χ0v) is 41.3. The lowest BCUT2D eigenvalue weighted by atomic mass is 14.0. The van der Waals surface area contributed by atoms with Crippen LogP contribution in [-0.4, -0.2) is 182 Å². The van der Waals surface area contributed by atoms with Crippen LogP contribution in [-0.2, 0) is 206 Å². The minimum absolute atomic E-state index is 0. The Hall–Kier alpha value is -1.86. The largest absolute Gasteiger partial charge is 0.425 e. The van der Waals surface area contributed by atoms with Crippen molar-refractivity contribution in [2.24, 2.45) is 0 Å². The Morgan fingerprint density at radius 1 is 0.127 bits per heavy atom. The first-order chi connectivity index (χ1) is 29.4. The Kier molecular flexibility index (Phi) is 40.2. The fourth-order valence-electron chi connectivity index (χ4n) is 0.491. The van der Waals surface area contributed by atoms with E-state index < -0.39 is 146 Å². The normalized spacial score (nSPS) is 13.2. The minimum atomic E-state index is -5.02. The molecule has 0 saturated heterocycles. The third-order valence-electron chi connectivity index (χ3n) is 1.40. The van der Waals surface area contributed by atoms with Crippen LogP contribution >= 0.6 is 0 Å². The summed E-state index contributed by atoms with van der Waals surface area (Å²) in [5, 5.41) is 0. The standard InChI is InChI=1S/H3N.7H2O8S2/c;7*1-9(2,3)7-8-10(4,5)6/h1H3;7*(H,1,2,3)(H,4,5,6). The second-order valence-electron chi connectivity index (χ2n) is 6.94. The Balaban J connectivity index is -0.000000108. The summed E-state index contributed by atoms with van der Waals surface area (Å²) < 4.78 is 412. The van der Waals surface area contributed by atoms with Gasteiger partial charge in [0.2, 0.25) is 0 Å². The highest BCUT2D eigenvalue weighted by Gasteiger charge is 2.18. The highest BCUT2D eigenvalue weighted by molar-refractivity contribution is 7.85. The molecule has 0 saturated carbocycles. The van der Waals surface area contributed by atoms with Gasteiger partial charge in [-0.2, -0.15) is 118 Å². The maximum atomic E-state index is 9.51. The first kappa shape index (κ1) is 85.9. The molecule has 0 aromatic carbocycles. The summed E-state index contributed by atoms with van der Waals surface area (Å²) in [7, 11) is -70.3. The molecule has 0 heterocycles. The molecule has 0 radical (unpaired) electrons. The van der Waals surface area contributed by atoms with Gasteiger partial charge in [-0.05, 0) is 0 Å². The van der Waals surface area contributed by atoms with Crippen LogP contribution in [0, 0.1) is 0 Å². The SMILES string of the molecule is N.O=S(=O)(O)OOS(=O)(=O)O.O=S(=O)(O)OOS(=O)(=O)O.O=S(=O)(O)OOS(=O)(=O)O.O=S(=O)(O)OOS(=O)(=O)O.O=S(=O)(O)OOS(=O)(=O)O.O=S(=O)(O)OOS(=O)(=O)O.O=S(=O)(O)OOS(=O)(=O)O. The Labute approximate surface area is 391 Å². The molecule has 57 nitrogen and oxygen atoms in total. The molecule has 71 heavy (non-hydrogen) atoms. The van der Waals surface area contributed by atoms with Crippen molar-refractivity contribution in [3.05, 3.63) is 0 Å². The van der Waals surface area contributed by atoms with Gasteiger partial charge in [0.1, 0.15) is 0 Å². The first-order valence-electron chi connectivity index (χ1n) is 10.7. The molecule has 0 aromatic heterocycles. The van der Waals surface area contributed by atoms with Crippen molar-refractivity contribution >= 4 is 146 Å². The van der Waals surface area contributed by atoms with Crippen molar-refractivity contribution in [3.8, 4) is 0 Å². The van der Waals surface area contributed by atoms with Gasteiger partial charge in [0.15, 0.2) is 0 Å². The van der Waals surface area contributed by atoms with Gasteiger partial charge in [-0.1, -0.05) is 60.7 Å². The van der Waals surface area contributed by atoms with Crippen LogP contribution in [0.3, 0.4) is 0 Å². The molecule has 0 aliphatic rings. The number of hydrogen-bond donors (Lipinski definition) is 15. The van der Waals surface area contributed by atoms with Crippen LogP contribution in [0.15, 0.2) is 0 Å². The predicted molar refractivity (Wildman–Crippen MR) is 182 cm³/mol. The third kappa shape index (κ3) is 134. The minimum Gasteiger partial charge on any atom is -0.344 e. The van der Waals surface area contributed by atoms with Crippen LogP contribution in [0.1, 0.15) is 0 Å². The zero-order chi connectivity index (χ0) is 58.9. The molecule has 0 fully saturated rings. The molecule has 0 unspecified atom stereocenters. The van der Waals surface area contributed by atoms with E-state index in [9.17, 15) is 118 Å². The summed E-state index contributed by atoms with van der Waals surface area (Å²) >= 11 is 0. The van der Waals surface area contributed by atoms with Gasteiger partial charge in [0.05, 0.1) is 0 Å². The second kappa shape index (κ2) is 33.2. The van der Waals surface area contributed by atoms with E-state index in [1.807, 2.05) is 0 Å². The molecule has 0 aliphatic carbocycles. The molecule has 0 aromatic rings. The highest BCUT2D eigenvalue weighted by atomic mass is 32.3. The molecule has 71 heteroatoms. The van der Waals surface area contributed by atoms with Gasteiger partial charge in [0, 0.05) is 0 Å². The van der Waals surface area contributed by atoms with Crippen LogP contribution < -0.4 is 6.15 Å². The maximum absolute atomic E-state index is 9.51. The fourth-order valence-corrected chi connectivity index (χ4v) is 4.42. The third-order valence-corrected chi connectivity index (χ3v) is 5.36. The lowest BCUT2D eigenvalue weighted by Gasteiger charge is -1.92. The first-order valence-corrected chi connectivity index (χ1v) is 29.8. The average molecular weight is 1380 g/mol. The van der Waals surface area contributed by atoms with Crippen LogP contribution in [0.4, 0.5) is 0 Å². The van der Waals surface area contributed by atoms with Gasteiger partial charge in [-0.3, -0.25) is 63.7 Å². The number of rotatable bonds is 21. The molecule has 0 aliphatic heterocycles. The van der Waals surface area contributed by atoms with Crippen molar-refractivity contribution in [2.45, 2.75) is 0 Å². The summed E-state index contributed by atoms with van der Waals surface area (Å²) in [6, 6.07) is 0. The average Bonchev–Trinajstić information content (AvgIpc) is 3.00. The summed E-state index contributed by atoms with van der Waals surface area (Å²) in [4.78, 5) is 0. The monoisotopic (exact) mass is 1370 g/mol. The summed E-state index contributed by atoms with van der Waals surface area (Å²) in [5.41, 5.74) is 0. The van der Waals surface area contributed by atoms with Gasteiger partial charge in [-0.25, -0.2) is 0 Å². The molecule has 0 bridgehead atoms. The Morgan fingerprint density at radius 3 is 0.169 bits per heavy atom. The van der Waals surface area contributed by atoms with Crippen molar-refractivity contribution < 1.29 is 242 Å². The maximum Gasteiger partial charge on any atom is 0.425 e. The molecular formula is H17NO56S14. The van der Waals surface area contributed by atoms with E-state index in [4.69, 9.17) is 63.7 Å². The summed E-state index contributed by atoms with van der Waals surface area (Å²) in [5.74, 6) is 0. The second-order valence-corrected chi connectivity index (χ2v) is 20.8. The van der Waals surface area contributed by atoms with Crippen molar-refractivity contribution in [1.82, 2.24) is 6.15 Å². The van der Waals surface area contributed by atoms with Gasteiger partial charge in [0.25, 0.3) is 0 Å². The molecule has 17 N–H and O–H groups in total. The zero-order valence-electron chi connectivity index (χ0n) is 29.8. The van der Waals surface area contributed by atoms with E-state index in [0.717, 1.165) is 0 Å². The van der Waals surface area contributed by atoms with E-state index in [2.05, 4.69) is 60.7 Å². The Morgan fingerprint density at radius 2 is 0.155 bits per heavy atom. The molecule has 0 rings (SSSR count). The Bertz CT molecular complexity index is 2340. The molecule has 0 amide bonds. The summed E-state index contributed by atoms with van der Waals surface area (Å²) in [6.07, 6.45) is 0. The van der Waals surface area contributed by atoms with Crippen molar-refractivity contribution in [3.63, 3.8) is 0 Å². The number of hydrogen-bond acceptors (Lipinski definition) is 43. The fraction of sp³-hybridized carbons (Fsp3) is 0. The quantitative estimate of drug-likeness (QED) is 0.0288. The lowest BCUT2D eigenvalue weighted by molar-refractivity contribution is -0.105. The highest BCUT2D eigenvalue weighted by Crippen LogP contribution is 1.97. The molecule has 442 valence electrons. The van der Waals surface area contributed by atoms with E-state index >= 15 is 0 Å². The van der Waals surface area contributed by atoms with Gasteiger partial charge >= 0.3 is 146 Å². The van der Waals surface area contributed by atoms with Gasteiger partial charge < -0.3 is 6.15 Å². The van der Waals surface area contributed by atoms with Crippen molar-refractivity contribution in [1.29, 1.82) is 0 Å².